The van der Waals surface area contributed by atoms with Crippen LogP contribution >= 0.6 is 0 Å². The highest BCUT2D eigenvalue weighted by Crippen LogP contribution is 2.22. The van der Waals surface area contributed by atoms with Gasteiger partial charge < -0.3 is 15.4 Å². The Bertz CT molecular complexity index is 805. The molecule has 1 amide bonds. The van der Waals surface area contributed by atoms with E-state index in [2.05, 4.69) is 10.6 Å². The van der Waals surface area contributed by atoms with E-state index in [4.69, 9.17) is 4.74 Å². The Hall–Kier alpha value is -3.42. The van der Waals surface area contributed by atoms with Gasteiger partial charge in [0.05, 0.1) is 4.92 Å². The summed E-state index contributed by atoms with van der Waals surface area (Å²) in [6.45, 7) is 1.96. The molecule has 0 aliphatic carbocycles. The van der Waals surface area contributed by atoms with Crippen LogP contribution in [0.15, 0.2) is 48.5 Å². The number of nitro groups is 1. The van der Waals surface area contributed by atoms with Crippen molar-refractivity contribution in [3.05, 3.63) is 64.2 Å². The lowest BCUT2D eigenvalue weighted by atomic mass is 10.2. The van der Waals surface area contributed by atoms with Crippen molar-refractivity contribution in [1.82, 2.24) is 0 Å². The molecular formula is C19H21N3O5. The fourth-order valence-electron chi connectivity index (χ4n) is 2.29. The lowest BCUT2D eigenvalue weighted by Crippen LogP contribution is -2.21. The highest BCUT2D eigenvalue weighted by Gasteiger charge is 2.12. The standard InChI is InChI=1S/C19H21N3O5/c1-14-8-10-15(11-9-14)21-18(23)13-27-19(24)7-4-12-20-16-5-2-3-6-17(16)22(25)26/h2-3,5-6,8-11,20H,4,7,12-13H2,1H3,(H,21,23). The van der Waals surface area contributed by atoms with E-state index in [1.807, 2.05) is 19.1 Å². The molecule has 2 rings (SSSR count). The van der Waals surface area contributed by atoms with Crippen molar-refractivity contribution in [2.75, 3.05) is 23.8 Å². The van der Waals surface area contributed by atoms with Crippen LogP contribution in [-0.4, -0.2) is 30.0 Å². The van der Waals surface area contributed by atoms with Gasteiger partial charge in [-0.05, 0) is 31.5 Å². The monoisotopic (exact) mass is 371 g/mol. The molecule has 0 heterocycles. The van der Waals surface area contributed by atoms with Crippen molar-refractivity contribution >= 4 is 28.9 Å². The molecule has 0 atom stereocenters. The molecule has 8 heteroatoms. The third kappa shape index (κ3) is 6.77. The molecule has 0 unspecified atom stereocenters. The van der Waals surface area contributed by atoms with E-state index in [1.165, 1.54) is 6.07 Å². The lowest BCUT2D eigenvalue weighted by molar-refractivity contribution is -0.384. The maximum atomic E-state index is 11.8. The molecular weight excluding hydrogens is 350 g/mol. The SMILES string of the molecule is Cc1ccc(NC(=O)COC(=O)CCCNc2ccccc2[N+](=O)[O-])cc1. The van der Waals surface area contributed by atoms with Gasteiger partial charge in [-0.3, -0.25) is 19.7 Å². The molecule has 0 fully saturated rings. The first-order chi connectivity index (χ1) is 13.0. The number of carbonyl (C=O) groups excluding carboxylic acids is 2. The summed E-state index contributed by atoms with van der Waals surface area (Å²) in [5.41, 5.74) is 2.09. The number of nitrogens with one attached hydrogen (secondary N) is 2. The van der Waals surface area contributed by atoms with Crippen LogP contribution < -0.4 is 10.6 Å². The Morgan fingerprint density at radius 1 is 1.11 bits per heavy atom. The normalized spacial score (nSPS) is 10.1. The Morgan fingerprint density at radius 2 is 1.81 bits per heavy atom. The van der Waals surface area contributed by atoms with Crippen LogP contribution in [-0.2, 0) is 14.3 Å². The predicted octanol–water partition coefficient (Wildman–Crippen LogP) is 3.28. The number of hydrogen-bond acceptors (Lipinski definition) is 6. The van der Waals surface area contributed by atoms with Crippen molar-refractivity contribution in [2.24, 2.45) is 0 Å². The smallest absolute Gasteiger partial charge is 0.306 e. The van der Waals surface area contributed by atoms with Crippen LogP contribution in [0.2, 0.25) is 0 Å². The average Bonchev–Trinajstić information content (AvgIpc) is 2.65. The van der Waals surface area contributed by atoms with Crippen LogP contribution in [0.3, 0.4) is 0 Å². The number of hydrogen-bond donors (Lipinski definition) is 2. The van der Waals surface area contributed by atoms with Gasteiger partial charge in [-0.1, -0.05) is 29.8 Å². The fraction of sp³-hybridized carbons (Fsp3) is 0.263. The molecule has 0 saturated carbocycles. The van der Waals surface area contributed by atoms with Gasteiger partial charge in [-0.2, -0.15) is 0 Å². The van der Waals surface area contributed by atoms with Crippen molar-refractivity contribution < 1.29 is 19.2 Å². The van der Waals surface area contributed by atoms with Gasteiger partial charge in [0.2, 0.25) is 0 Å². The summed E-state index contributed by atoms with van der Waals surface area (Å²) in [4.78, 5) is 33.9. The number of benzene rings is 2. The first-order valence-electron chi connectivity index (χ1n) is 8.45. The van der Waals surface area contributed by atoms with Gasteiger partial charge in [-0.15, -0.1) is 0 Å². The molecule has 142 valence electrons. The number of rotatable bonds is 9. The molecule has 0 aliphatic heterocycles. The molecule has 27 heavy (non-hydrogen) atoms. The summed E-state index contributed by atoms with van der Waals surface area (Å²) in [6, 6.07) is 13.6. The Balaban J connectivity index is 1.65. The first-order valence-corrected chi connectivity index (χ1v) is 8.45. The van der Waals surface area contributed by atoms with Crippen molar-refractivity contribution in [3.63, 3.8) is 0 Å². The van der Waals surface area contributed by atoms with Crippen LogP contribution in [0.1, 0.15) is 18.4 Å². The Labute approximate surface area is 156 Å². The number of nitro benzene ring substituents is 1. The van der Waals surface area contributed by atoms with Crippen LogP contribution in [0.4, 0.5) is 17.1 Å². The molecule has 0 saturated heterocycles. The number of amides is 1. The van der Waals surface area contributed by atoms with E-state index in [9.17, 15) is 19.7 Å². The van der Waals surface area contributed by atoms with E-state index in [1.54, 1.807) is 30.3 Å². The number of aryl methyl sites for hydroxylation is 1. The molecule has 0 aromatic heterocycles. The molecule has 0 spiro atoms. The third-order valence-corrected chi connectivity index (χ3v) is 3.67. The number of nitrogens with zero attached hydrogens (tertiary/aromatic N) is 1. The van der Waals surface area contributed by atoms with Crippen molar-refractivity contribution in [2.45, 2.75) is 19.8 Å². The van der Waals surface area contributed by atoms with Gasteiger partial charge in [0.1, 0.15) is 5.69 Å². The summed E-state index contributed by atoms with van der Waals surface area (Å²) in [6.07, 6.45) is 0.524. The summed E-state index contributed by atoms with van der Waals surface area (Å²) in [5, 5.41) is 16.5. The highest BCUT2D eigenvalue weighted by molar-refractivity contribution is 5.92. The van der Waals surface area contributed by atoms with Crippen LogP contribution in [0.25, 0.3) is 0 Å². The number of esters is 1. The second kappa shape index (κ2) is 9.91. The zero-order valence-electron chi connectivity index (χ0n) is 14.9. The zero-order chi connectivity index (χ0) is 19.6. The van der Waals surface area contributed by atoms with Crippen molar-refractivity contribution in [1.29, 1.82) is 0 Å². The molecule has 0 bridgehead atoms. The largest absolute Gasteiger partial charge is 0.456 e. The van der Waals surface area contributed by atoms with E-state index in [0.29, 0.717) is 24.3 Å². The number of anilines is 2. The van der Waals surface area contributed by atoms with E-state index in [0.717, 1.165) is 5.56 Å². The summed E-state index contributed by atoms with van der Waals surface area (Å²) >= 11 is 0. The van der Waals surface area contributed by atoms with Gasteiger partial charge in [0, 0.05) is 24.7 Å². The number of carbonyl (C=O) groups is 2. The highest BCUT2D eigenvalue weighted by atomic mass is 16.6. The van der Waals surface area contributed by atoms with Gasteiger partial charge in [0.15, 0.2) is 6.61 Å². The van der Waals surface area contributed by atoms with E-state index >= 15 is 0 Å². The second-order valence-electron chi connectivity index (χ2n) is 5.88. The van der Waals surface area contributed by atoms with Crippen LogP contribution in [0, 0.1) is 17.0 Å². The zero-order valence-corrected chi connectivity index (χ0v) is 14.9. The number of ether oxygens (including phenoxy) is 1. The second-order valence-corrected chi connectivity index (χ2v) is 5.88. The predicted molar refractivity (Wildman–Crippen MR) is 102 cm³/mol. The maximum Gasteiger partial charge on any atom is 0.306 e. The van der Waals surface area contributed by atoms with Gasteiger partial charge in [-0.25, -0.2) is 0 Å². The minimum absolute atomic E-state index is 0.0205. The maximum absolute atomic E-state index is 11.8. The topological polar surface area (TPSA) is 111 Å². The van der Waals surface area contributed by atoms with E-state index in [-0.39, 0.29) is 18.7 Å². The summed E-state index contributed by atoms with van der Waals surface area (Å²) in [5.74, 6) is -0.913. The minimum atomic E-state index is -0.501. The molecule has 8 nitrogen and oxygen atoms in total. The van der Waals surface area contributed by atoms with Gasteiger partial charge in [0.25, 0.3) is 11.6 Å². The number of para-hydroxylation sites is 2. The molecule has 2 aromatic carbocycles. The Morgan fingerprint density at radius 3 is 2.52 bits per heavy atom. The Kier molecular flexibility index (Phi) is 7.30. The lowest BCUT2D eigenvalue weighted by Gasteiger charge is -2.08. The molecule has 2 aromatic rings. The quantitative estimate of drug-likeness (QED) is 0.303. The minimum Gasteiger partial charge on any atom is -0.456 e. The van der Waals surface area contributed by atoms with E-state index < -0.39 is 16.8 Å². The molecule has 0 aliphatic rings. The molecule has 0 radical (unpaired) electrons. The summed E-state index contributed by atoms with van der Waals surface area (Å²) in [7, 11) is 0. The van der Waals surface area contributed by atoms with Gasteiger partial charge >= 0.3 is 5.97 Å². The fourth-order valence-corrected chi connectivity index (χ4v) is 2.29. The summed E-state index contributed by atoms with van der Waals surface area (Å²) < 4.78 is 4.93. The first kappa shape index (κ1) is 19.9. The van der Waals surface area contributed by atoms with Crippen LogP contribution in [0.5, 0.6) is 0 Å². The average molecular weight is 371 g/mol. The third-order valence-electron chi connectivity index (χ3n) is 3.67. The molecule has 2 N–H and O–H groups in total. The van der Waals surface area contributed by atoms with Crippen molar-refractivity contribution in [3.8, 4) is 0 Å².